The lowest BCUT2D eigenvalue weighted by Gasteiger charge is -2.54. The van der Waals surface area contributed by atoms with E-state index in [9.17, 15) is 9.59 Å². The van der Waals surface area contributed by atoms with Gasteiger partial charge in [0.15, 0.2) is 0 Å². The maximum atomic E-state index is 14.6. The lowest BCUT2D eigenvalue weighted by Crippen LogP contribution is -2.71. The van der Waals surface area contributed by atoms with Crippen LogP contribution >= 0.6 is 0 Å². The van der Waals surface area contributed by atoms with Gasteiger partial charge in [-0.2, -0.15) is 0 Å². The molecule has 5 unspecified atom stereocenters. The molecule has 1 aliphatic carbocycles. The Balaban J connectivity index is 1.39. The van der Waals surface area contributed by atoms with Crippen molar-refractivity contribution in [2.24, 2.45) is 11.8 Å². The number of nitrogens with zero attached hydrogens (tertiary/aromatic N) is 1. The molecule has 2 saturated heterocycles. The topological polar surface area (TPSA) is 67.9 Å². The third-order valence-corrected chi connectivity index (χ3v) is 8.95. The first-order valence-corrected chi connectivity index (χ1v) is 13.8. The summed E-state index contributed by atoms with van der Waals surface area (Å²) in [5, 5.41) is 3.67. The lowest BCUT2D eigenvalue weighted by molar-refractivity contribution is -0.146. The molecule has 0 saturated carbocycles. The minimum Gasteiger partial charge on any atom is -0.501 e. The fourth-order valence-corrected chi connectivity index (χ4v) is 7.23. The Bertz CT molecular complexity index is 1220. The molecule has 3 heterocycles. The predicted molar refractivity (Wildman–Crippen MR) is 145 cm³/mol. The molecule has 4 aliphatic rings. The number of benzene rings is 2. The zero-order chi connectivity index (χ0) is 26.2. The number of ketones is 1. The molecule has 38 heavy (non-hydrogen) atoms. The van der Waals surface area contributed by atoms with Crippen LogP contribution in [0.2, 0.25) is 0 Å². The first-order valence-electron chi connectivity index (χ1n) is 13.8. The second-order valence-electron chi connectivity index (χ2n) is 11.0. The first kappa shape index (κ1) is 25.1. The summed E-state index contributed by atoms with van der Waals surface area (Å²) in [5.74, 6) is 0.926. The van der Waals surface area contributed by atoms with Crippen LogP contribution in [0, 0.1) is 11.8 Å². The van der Waals surface area contributed by atoms with Gasteiger partial charge < -0.3 is 14.4 Å². The molecule has 0 aromatic heterocycles. The minimum absolute atomic E-state index is 0.107. The molecule has 5 atom stereocenters. The number of piperazine rings is 1. The van der Waals surface area contributed by atoms with E-state index in [4.69, 9.17) is 9.47 Å². The maximum absolute atomic E-state index is 14.6. The number of hydrogen-bond donors (Lipinski definition) is 1. The molecule has 2 aromatic carbocycles. The largest absolute Gasteiger partial charge is 0.501 e. The van der Waals surface area contributed by atoms with E-state index in [1.54, 1.807) is 14.2 Å². The van der Waals surface area contributed by atoms with Crippen molar-refractivity contribution >= 4 is 11.7 Å². The lowest BCUT2D eigenvalue weighted by atomic mass is 9.68. The molecule has 6 nitrogen and oxygen atoms in total. The molecule has 3 aliphatic heterocycles. The Labute approximate surface area is 224 Å². The van der Waals surface area contributed by atoms with Crippen molar-refractivity contribution in [1.29, 1.82) is 0 Å². The highest BCUT2D eigenvalue weighted by Gasteiger charge is 2.53. The summed E-state index contributed by atoms with van der Waals surface area (Å²) in [6.07, 6.45) is 5.17. The van der Waals surface area contributed by atoms with Crippen LogP contribution in [0.15, 0.2) is 83.6 Å². The molecule has 2 bridgehead atoms. The number of nitrogens with one attached hydrogen (secondary N) is 1. The predicted octanol–water partition coefficient (Wildman–Crippen LogP) is 4.23. The van der Waals surface area contributed by atoms with Crippen molar-refractivity contribution in [3.8, 4) is 0 Å². The van der Waals surface area contributed by atoms with Gasteiger partial charge in [-0.05, 0) is 54.0 Å². The summed E-state index contributed by atoms with van der Waals surface area (Å²) in [7, 11) is 3.43. The number of amides is 1. The molecule has 2 aromatic rings. The highest BCUT2D eigenvalue weighted by molar-refractivity contribution is 5.93. The van der Waals surface area contributed by atoms with Gasteiger partial charge in [-0.15, -0.1) is 0 Å². The normalized spacial score (nSPS) is 28.5. The van der Waals surface area contributed by atoms with E-state index in [1.165, 1.54) is 11.1 Å². The van der Waals surface area contributed by atoms with Crippen LogP contribution in [-0.4, -0.2) is 62.1 Å². The summed E-state index contributed by atoms with van der Waals surface area (Å²) in [6, 6.07) is 19.8. The van der Waals surface area contributed by atoms with E-state index < -0.39 is 0 Å². The molecule has 0 radical (unpaired) electrons. The Kier molecular flexibility index (Phi) is 6.93. The molecule has 6 rings (SSSR count). The minimum atomic E-state index is -0.337. The van der Waals surface area contributed by atoms with Crippen LogP contribution in [0.4, 0.5) is 0 Å². The first-order chi connectivity index (χ1) is 18.6. The number of piperidine rings is 1. The highest BCUT2D eigenvalue weighted by atomic mass is 16.5. The molecule has 0 spiro atoms. The van der Waals surface area contributed by atoms with Gasteiger partial charge in [-0.1, -0.05) is 60.7 Å². The van der Waals surface area contributed by atoms with Crippen LogP contribution in [-0.2, 0) is 19.1 Å². The number of carbonyl (C=O) groups is 2. The van der Waals surface area contributed by atoms with Gasteiger partial charge >= 0.3 is 0 Å². The fraction of sp³-hybridized carbons (Fsp3) is 0.438. The van der Waals surface area contributed by atoms with Crippen LogP contribution in [0.1, 0.15) is 42.7 Å². The van der Waals surface area contributed by atoms with Crippen molar-refractivity contribution in [1.82, 2.24) is 10.2 Å². The van der Waals surface area contributed by atoms with Crippen LogP contribution in [0.5, 0.6) is 0 Å². The summed E-state index contributed by atoms with van der Waals surface area (Å²) < 4.78 is 11.3. The quantitative estimate of drug-likeness (QED) is 0.601. The Morgan fingerprint density at radius 1 is 1.03 bits per heavy atom. The van der Waals surface area contributed by atoms with Gasteiger partial charge in [0.05, 0.1) is 31.7 Å². The molecule has 6 heteroatoms. The molecule has 2 fully saturated rings. The number of carbonyl (C=O) groups excluding carboxylic acids is 2. The van der Waals surface area contributed by atoms with E-state index in [0.29, 0.717) is 19.6 Å². The van der Waals surface area contributed by atoms with Gasteiger partial charge in [-0.3, -0.25) is 14.9 Å². The third-order valence-electron chi connectivity index (χ3n) is 8.95. The van der Waals surface area contributed by atoms with Gasteiger partial charge in [0.2, 0.25) is 5.91 Å². The zero-order valence-corrected chi connectivity index (χ0v) is 22.1. The van der Waals surface area contributed by atoms with E-state index >= 15 is 0 Å². The summed E-state index contributed by atoms with van der Waals surface area (Å²) in [5.41, 5.74) is 4.55. The number of rotatable bonds is 7. The Morgan fingerprint density at radius 2 is 1.71 bits per heavy atom. The summed E-state index contributed by atoms with van der Waals surface area (Å²) >= 11 is 0. The SMILES string of the molecule is COCC1CC2=C(C=C1OC)CCN1C(=O)C3CCC(C(=O)C(c4ccccc4)c4ccccc4)C(N3)C21. The highest BCUT2D eigenvalue weighted by Crippen LogP contribution is 2.44. The average molecular weight is 513 g/mol. The second-order valence-corrected chi connectivity index (χ2v) is 11.0. The third kappa shape index (κ3) is 4.30. The van der Waals surface area contributed by atoms with Crippen molar-refractivity contribution < 1.29 is 19.1 Å². The Hall–Kier alpha value is -3.22. The number of hydrogen-bond acceptors (Lipinski definition) is 5. The standard InChI is InChI=1S/C32H36N2O4/c1-37-19-23-17-25-22(18-27(23)38-2)15-16-34-30(25)29-24(13-14-26(33-29)32(34)36)31(35)28(20-9-5-3-6-10-20)21-11-7-4-8-12-21/h3-12,18,23-24,26,28-30,33H,13-17,19H2,1-2H3. The number of methoxy groups -OCH3 is 2. The fourth-order valence-electron chi connectivity index (χ4n) is 7.23. The molecular weight excluding hydrogens is 476 g/mol. The van der Waals surface area contributed by atoms with Gasteiger partial charge in [0.25, 0.3) is 0 Å². The number of ether oxygens (including phenoxy) is 2. The van der Waals surface area contributed by atoms with E-state index in [2.05, 4.69) is 40.6 Å². The molecule has 198 valence electrons. The number of Topliss-reactive ketones (excluding diaryl/α,β-unsaturated/α-hetero) is 1. The molecular formula is C32H36N2O4. The smallest absolute Gasteiger partial charge is 0.240 e. The van der Waals surface area contributed by atoms with Crippen LogP contribution in [0.25, 0.3) is 0 Å². The maximum Gasteiger partial charge on any atom is 0.240 e. The molecule has 1 amide bonds. The van der Waals surface area contributed by atoms with Gasteiger partial charge in [0, 0.05) is 31.5 Å². The van der Waals surface area contributed by atoms with E-state index in [0.717, 1.165) is 36.1 Å². The number of fused-ring (bicyclic) bond motifs is 5. The van der Waals surface area contributed by atoms with Crippen molar-refractivity contribution in [2.75, 3.05) is 27.4 Å². The van der Waals surface area contributed by atoms with Gasteiger partial charge in [0.1, 0.15) is 11.5 Å². The number of allylic oxidation sites excluding steroid dienone is 1. The zero-order valence-electron chi connectivity index (χ0n) is 22.1. The average Bonchev–Trinajstić information content (AvgIpc) is 2.96. The van der Waals surface area contributed by atoms with E-state index in [1.807, 2.05) is 36.4 Å². The Morgan fingerprint density at radius 3 is 2.34 bits per heavy atom. The monoisotopic (exact) mass is 512 g/mol. The van der Waals surface area contributed by atoms with Crippen LogP contribution < -0.4 is 5.32 Å². The van der Waals surface area contributed by atoms with Crippen LogP contribution in [0.3, 0.4) is 0 Å². The van der Waals surface area contributed by atoms with Crippen molar-refractivity contribution in [3.63, 3.8) is 0 Å². The second kappa shape index (κ2) is 10.5. The van der Waals surface area contributed by atoms with Crippen molar-refractivity contribution in [3.05, 3.63) is 94.8 Å². The van der Waals surface area contributed by atoms with E-state index in [-0.39, 0.29) is 47.6 Å². The molecule has 1 N–H and O–H groups in total. The summed E-state index contributed by atoms with van der Waals surface area (Å²) in [6.45, 7) is 1.24. The van der Waals surface area contributed by atoms with Gasteiger partial charge in [-0.25, -0.2) is 0 Å². The van der Waals surface area contributed by atoms with Crippen molar-refractivity contribution in [2.45, 2.75) is 49.7 Å². The summed E-state index contributed by atoms with van der Waals surface area (Å²) in [4.78, 5) is 30.2.